The van der Waals surface area contributed by atoms with Gasteiger partial charge in [0.25, 0.3) is 5.91 Å². The van der Waals surface area contributed by atoms with E-state index in [0.29, 0.717) is 18.8 Å². The number of benzene rings is 1. The Morgan fingerprint density at radius 3 is 2.45 bits per heavy atom. The van der Waals surface area contributed by atoms with Crippen LogP contribution in [0.1, 0.15) is 55.8 Å². The van der Waals surface area contributed by atoms with Crippen molar-refractivity contribution in [2.45, 2.75) is 57.5 Å². The lowest BCUT2D eigenvalue weighted by atomic mass is 9.93. The summed E-state index contributed by atoms with van der Waals surface area (Å²) in [5.41, 5.74) is 0.273. The van der Waals surface area contributed by atoms with Gasteiger partial charge in [-0.1, -0.05) is 31.4 Å². The van der Waals surface area contributed by atoms with Crippen LogP contribution in [0.5, 0.6) is 5.75 Å². The van der Waals surface area contributed by atoms with Crippen molar-refractivity contribution in [3.8, 4) is 5.75 Å². The maximum atomic E-state index is 13.0. The number of sulfone groups is 1. The zero-order chi connectivity index (χ0) is 20.9. The zero-order valence-electron chi connectivity index (χ0n) is 16.8. The molecule has 1 aromatic rings. The summed E-state index contributed by atoms with van der Waals surface area (Å²) in [6, 6.07) is 6.44. The summed E-state index contributed by atoms with van der Waals surface area (Å²) in [5, 5.41) is 0. The molecule has 1 saturated carbocycles. The molecule has 8 heteroatoms. The average Bonchev–Trinajstić information content (AvgIpc) is 3.07. The van der Waals surface area contributed by atoms with Crippen molar-refractivity contribution in [3.63, 3.8) is 0 Å². The first kappa shape index (κ1) is 21.6. The molecule has 0 unspecified atom stereocenters. The van der Waals surface area contributed by atoms with E-state index in [4.69, 9.17) is 9.47 Å². The van der Waals surface area contributed by atoms with Gasteiger partial charge in [0.15, 0.2) is 16.4 Å². The van der Waals surface area contributed by atoms with Gasteiger partial charge >= 0.3 is 5.97 Å². The Balaban J connectivity index is 1.69. The first-order chi connectivity index (χ1) is 13.9. The fourth-order valence-electron chi connectivity index (χ4n) is 4.26. The quantitative estimate of drug-likeness (QED) is 0.626. The second kappa shape index (κ2) is 9.61. The number of amides is 1. The summed E-state index contributed by atoms with van der Waals surface area (Å²) in [5.74, 6) is -0.420. The number of carbonyl (C=O) groups is 2. The predicted molar refractivity (Wildman–Crippen MR) is 109 cm³/mol. The SMILES string of the molecule is CCOc1ccccc1C(=O)OCC(=O)N(C1CCCCC1)[C@@H]1CCS(=O)(=O)C1. The van der Waals surface area contributed by atoms with Crippen LogP contribution in [0.25, 0.3) is 0 Å². The van der Waals surface area contributed by atoms with E-state index in [1.54, 1.807) is 29.2 Å². The fraction of sp³-hybridized carbons (Fsp3) is 0.619. The molecule has 1 aliphatic heterocycles. The second-order valence-corrected chi connectivity index (χ2v) is 9.88. The standard InChI is InChI=1S/C21H29NO6S/c1-2-27-19-11-7-6-10-18(19)21(24)28-14-20(23)22(16-8-4-3-5-9-16)17-12-13-29(25,26)15-17/h6-7,10-11,16-17H,2-5,8-9,12-15H2,1H3/t17-/m1/s1. The van der Waals surface area contributed by atoms with Crippen LogP contribution < -0.4 is 4.74 Å². The highest BCUT2D eigenvalue weighted by Crippen LogP contribution is 2.28. The Morgan fingerprint density at radius 2 is 1.79 bits per heavy atom. The first-order valence-corrected chi connectivity index (χ1v) is 12.1. The lowest BCUT2D eigenvalue weighted by molar-refractivity contribution is -0.140. The molecule has 7 nitrogen and oxygen atoms in total. The fourth-order valence-corrected chi connectivity index (χ4v) is 5.97. The van der Waals surface area contributed by atoms with Gasteiger partial charge in [-0.3, -0.25) is 4.79 Å². The highest BCUT2D eigenvalue weighted by Gasteiger charge is 2.38. The minimum absolute atomic E-state index is 0.00361. The highest BCUT2D eigenvalue weighted by atomic mass is 32.2. The highest BCUT2D eigenvalue weighted by molar-refractivity contribution is 7.91. The van der Waals surface area contributed by atoms with Crippen molar-refractivity contribution in [2.75, 3.05) is 24.7 Å². The molecule has 0 spiro atoms. The van der Waals surface area contributed by atoms with Gasteiger partial charge in [0.1, 0.15) is 11.3 Å². The monoisotopic (exact) mass is 423 g/mol. The minimum Gasteiger partial charge on any atom is -0.493 e. The molecule has 2 aliphatic rings. The van der Waals surface area contributed by atoms with Gasteiger partial charge in [0.2, 0.25) is 0 Å². The van der Waals surface area contributed by atoms with Gasteiger partial charge < -0.3 is 14.4 Å². The molecule has 29 heavy (non-hydrogen) atoms. The summed E-state index contributed by atoms with van der Waals surface area (Å²) in [4.78, 5) is 27.2. The molecule has 1 saturated heterocycles. The number of hydrogen-bond acceptors (Lipinski definition) is 6. The summed E-state index contributed by atoms with van der Waals surface area (Å²) >= 11 is 0. The summed E-state index contributed by atoms with van der Waals surface area (Å²) in [7, 11) is -3.12. The maximum absolute atomic E-state index is 13.0. The van der Waals surface area contributed by atoms with E-state index in [1.165, 1.54) is 0 Å². The molecule has 3 rings (SSSR count). The molecule has 1 aromatic carbocycles. The molecule has 1 atom stereocenters. The molecule has 2 fully saturated rings. The zero-order valence-corrected chi connectivity index (χ0v) is 17.7. The van der Waals surface area contributed by atoms with Gasteiger partial charge in [-0.05, 0) is 38.3 Å². The van der Waals surface area contributed by atoms with Crippen molar-refractivity contribution in [2.24, 2.45) is 0 Å². The minimum atomic E-state index is -3.12. The average molecular weight is 424 g/mol. The topological polar surface area (TPSA) is 90.0 Å². The molecule has 160 valence electrons. The van der Waals surface area contributed by atoms with Crippen molar-refractivity contribution in [3.05, 3.63) is 29.8 Å². The Labute approximate surface area is 172 Å². The van der Waals surface area contributed by atoms with Crippen molar-refractivity contribution < 1.29 is 27.5 Å². The van der Waals surface area contributed by atoms with E-state index in [-0.39, 0.29) is 35.1 Å². The number of nitrogens with zero attached hydrogens (tertiary/aromatic N) is 1. The Morgan fingerprint density at radius 1 is 1.07 bits per heavy atom. The molecule has 0 radical (unpaired) electrons. The molecule has 0 bridgehead atoms. The lowest BCUT2D eigenvalue weighted by Crippen LogP contribution is -2.50. The van der Waals surface area contributed by atoms with Crippen LogP contribution in [0.4, 0.5) is 0 Å². The number of hydrogen-bond donors (Lipinski definition) is 0. The van der Waals surface area contributed by atoms with E-state index >= 15 is 0 Å². The Bertz CT molecular complexity index is 831. The smallest absolute Gasteiger partial charge is 0.342 e. The van der Waals surface area contributed by atoms with Gasteiger partial charge in [-0.2, -0.15) is 0 Å². The number of para-hydroxylation sites is 1. The first-order valence-electron chi connectivity index (χ1n) is 10.3. The number of esters is 1. The van der Waals surface area contributed by atoms with Crippen LogP contribution in [0.15, 0.2) is 24.3 Å². The van der Waals surface area contributed by atoms with E-state index in [2.05, 4.69) is 0 Å². The van der Waals surface area contributed by atoms with E-state index < -0.39 is 22.4 Å². The Hall–Kier alpha value is -2.09. The number of ether oxygens (including phenoxy) is 2. The molecule has 0 N–H and O–H groups in total. The molecule has 1 aliphatic carbocycles. The van der Waals surface area contributed by atoms with Gasteiger partial charge in [0.05, 0.1) is 18.1 Å². The van der Waals surface area contributed by atoms with Crippen LogP contribution in [-0.2, 0) is 19.4 Å². The third-order valence-electron chi connectivity index (χ3n) is 5.59. The molecule has 1 amide bonds. The van der Waals surface area contributed by atoms with Crippen LogP contribution >= 0.6 is 0 Å². The predicted octanol–water partition coefficient (Wildman–Crippen LogP) is 2.59. The van der Waals surface area contributed by atoms with Crippen LogP contribution in [0, 0.1) is 0 Å². The normalized spacial score (nSPS) is 21.5. The molecular weight excluding hydrogens is 394 g/mol. The second-order valence-electron chi connectivity index (χ2n) is 7.66. The van der Waals surface area contributed by atoms with Gasteiger partial charge in [-0.15, -0.1) is 0 Å². The Kier molecular flexibility index (Phi) is 7.16. The number of carbonyl (C=O) groups excluding carboxylic acids is 2. The van der Waals surface area contributed by atoms with Crippen LogP contribution in [0.2, 0.25) is 0 Å². The molecule has 1 heterocycles. The molecule has 0 aromatic heterocycles. The van der Waals surface area contributed by atoms with E-state index in [9.17, 15) is 18.0 Å². The van der Waals surface area contributed by atoms with Crippen molar-refractivity contribution in [1.29, 1.82) is 0 Å². The number of rotatable bonds is 7. The lowest BCUT2D eigenvalue weighted by Gasteiger charge is -2.38. The van der Waals surface area contributed by atoms with Crippen LogP contribution in [-0.4, -0.2) is 62.0 Å². The van der Waals surface area contributed by atoms with E-state index in [0.717, 1.165) is 32.1 Å². The maximum Gasteiger partial charge on any atom is 0.342 e. The van der Waals surface area contributed by atoms with E-state index in [1.807, 2.05) is 6.92 Å². The van der Waals surface area contributed by atoms with Crippen molar-refractivity contribution in [1.82, 2.24) is 4.90 Å². The largest absolute Gasteiger partial charge is 0.493 e. The summed E-state index contributed by atoms with van der Waals surface area (Å²) in [6.45, 7) is 1.84. The molecular formula is C21H29NO6S. The van der Waals surface area contributed by atoms with Crippen LogP contribution in [0.3, 0.4) is 0 Å². The third kappa shape index (κ3) is 5.50. The summed E-state index contributed by atoms with van der Waals surface area (Å²) in [6.07, 6.45) is 5.36. The third-order valence-corrected chi connectivity index (χ3v) is 7.34. The summed E-state index contributed by atoms with van der Waals surface area (Å²) < 4.78 is 34.7. The van der Waals surface area contributed by atoms with Crippen molar-refractivity contribution >= 4 is 21.7 Å². The van der Waals surface area contributed by atoms with Gasteiger partial charge in [0, 0.05) is 12.1 Å². The van der Waals surface area contributed by atoms with Gasteiger partial charge in [-0.25, -0.2) is 13.2 Å².